The van der Waals surface area contributed by atoms with Gasteiger partial charge in [0.05, 0.1) is 18.8 Å². The van der Waals surface area contributed by atoms with Crippen molar-refractivity contribution in [1.29, 1.82) is 0 Å². The van der Waals surface area contributed by atoms with Crippen LogP contribution < -0.4 is 10.0 Å². The Balaban J connectivity index is 1.23. The molecule has 9 nitrogen and oxygen atoms in total. The molecule has 3 aromatic carbocycles. The fraction of sp³-hybridized carbons (Fsp3) is 0.324. The van der Waals surface area contributed by atoms with Crippen molar-refractivity contribution < 1.29 is 34.0 Å². The zero-order valence-electron chi connectivity index (χ0n) is 26.1. The van der Waals surface area contributed by atoms with Gasteiger partial charge in [-0.25, -0.2) is 0 Å². The zero-order chi connectivity index (χ0) is 33.0. The van der Waals surface area contributed by atoms with Crippen molar-refractivity contribution in [2.75, 3.05) is 5.75 Å². The minimum atomic E-state index is -0.808. The van der Waals surface area contributed by atoms with Crippen LogP contribution in [0.2, 0.25) is 0 Å². The lowest BCUT2D eigenvalue weighted by atomic mass is 9.99. The Bertz CT molecular complexity index is 1610. The molecular weight excluding hydrogens is 616 g/mol. The van der Waals surface area contributed by atoms with Crippen LogP contribution in [-0.4, -0.2) is 33.9 Å². The topological polar surface area (TPSA) is 132 Å². The first-order chi connectivity index (χ1) is 22.9. The molecule has 1 fully saturated rings. The number of aliphatic hydroxyl groups excluding tert-OH is 1. The van der Waals surface area contributed by atoms with E-state index < -0.39 is 12.3 Å². The summed E-state index contributed by atoms with van der Waals surface area (Å²) in [5.74, 6) is -0.265. The van der Waals surface area contributed by atoms with E-state index in [4.69, 9.17) is 14.6 Å². The van der Waals surface area contributed by atoms with Gasteiger partial charge >= 0.3 is 5.97 Å². The summed E-state index contributed by atoms with van der Waals surface area (Å²) >= 11 is 1.46. The predicted octanol–water partition coefficient (Wildman–Crippen LogP) is 6.47. The Morgan fingerprint density at radius 2 is 1.62 bits per heavy atom. The lowest BCUT2D eigenvalue weighted by Gasteiger charge is -2.36. The summed E-state index contributed by atoms with van der Waals surface area (Å²) in [6, 6.07) is 29.2. The zero-order valence-corrected chi connectivity index (χ0v) is 26.9. The third-order valence-corrected chi connectivity index (χ3v) is 9.20. The maximum absolute atomic E-state index is 12.3. The highest BCUT2D eigenvalue weighted by molar-refractivity contribution is 7.99. The molecule has 0 spiro atoms. The monoisotopic (exact) mass is 656 g/mol. The number of aromatic nitrogens is 1. The van der Waals surface area contributed by atoms with E-state index in [0.29, 0.717) is 43.0 Å². The number of hydrogen-bond donors (Lipinski definition) is 3. The van der Waals surface area contributed by atoms with Gasteiger partial charge in [0, 0.05) is 49.3 Å². The number of amides is 1. The number of aliphatic carboxylic acids is 1. The molecule has 0 bridgehead atoms. The molecule has 1 aliphatic heterocycles. The lowest BCUT2D eigenvalue weighted by molar-refractivity contribution is -0.645. The number of ether oxygens (including phenoxy) is 2. The van der Waals surface area contributed by atoms with Crippen molar-refractivity contribution in [2.45, 2.75) is 75.2 Å². The molecule has 4 aromatic rings. The first kappa shape index (κ1) is 34.1. The van der Waals surface area contributed by atoms with Crippen molar-refractivity contribution in [3.63, 3.8) is 0 Å². The van der Waals surface area contributed by atoms with Crippen LogP contribution in [0.1, 0.15) is 73.2 Å². The molecule has 246 valence electrons. The summed E-state index contributed by atoms with van der Waals surface area (Å²) in [6.45, 7) is 0.392. The summed E-state index contributed by atoms with van der Waals surface area (Å²) in [6.07, 6.45) is 3.60. The number of carboxylic acid groups (broad SMARTS) is 1. The number of rotatable bonds is 15. The Hall–Kier alpha value is -4.22. The molecule has 3 atom stereocenters. The summed E-state index contributed by atoms with van der Waals surface area (Å²) in [7, 11) is 0. The van der Waals surface area contributed by atoms with Crippen molar-refractivity contribution in [1.82, 2.24) is 5.32 Å². The second kappa shape index (κ2) is 17.1. The van der Waals surface area contributed by atoms with Gasteiger partial charge in [0.15, 0.2) is 12.5 Å². The van der Waals surface area contributed by atoms with Crippen molar-refractivity contribution in [3.05, 3.63) is 125 Å². The molecule has 47 heavy (non-hydrogen) atoms. The molecule has 5 rings (SSSR count). The molecule has 1 aromatic heterocycles. The number of aliphatic hydroxyl groups is 1. The van der Waals surface area contributed by atoms with E-state index in [-0.39, 0.29) is 31.1 Å². The number of benzene rings is 3. The smallest absolute Gasteiger partial charge is 0.303 e. The minimum Gasteiger partial charge on any atom is -0.618 e. The van der Waals surface area contributed by atoms with Crippen LogP contribution in [0.3, 0.4) is 0 Å². The first-order valence-electron chi connectivity index (χ1n) is 15.9. The highest BCUT2D eigenvalue weighted by atomic mass is 32.2. The maximum atomic E-state index is 12.3. The van der Waals surface area contributed by atoms with Crippen LogP contribution in [-0.2, 0) is 32.2 Å². The van der Waals surface area contributed by atoms with E-state index in [0.717, 1.165) is 44.5 Å². The van der Waals surface area contributed by atoms with Crippen molar-refractivity contribution in [3.8, 4) is 11.1 Å². The Labute approximate surface area is 279 Å². The molecule has 0 saturated carbocycles. The van der Waals surface area contributed by atoms with Crippen LogP contribution in [0.5, 0.6) is 0 Å². The van der Waals surface area contributed by atoms with E-state index in [1.54, 1.807) is 12.1 Å². The third-order valence-electron chi connectivity index (χ3n) is 8.05. The van der Waals surface area contributed by atoms with Gasteiger partial charge in [-0.15, -0.1) is 0 Å². The van der Waals surface area contributed by atoms with Gasteiger partial charge in [-0.1, -0.05) is 84.9 Å². The number of unbranched alkanes of at least 4 members (excludes halogenated alkanes) is 2. The van der Waals surface area contributed by atoms with Gasteiger partial charge in [-0.3, -0.25) is 9.59 Å². The molecule has 1 aliphatic rings. The number of carbonyl (C=O) groups excluding carboxylic acids is 1. The SMILES string of the molecule is O=C(O)CCCCCC(=O)NCc1cccc(-c2ccc([C@@H]3O[C@H](CSc4cccc[n+]4[O-])C[C@H](c4ccc(CO)cc4)O3)cc2)c1. The fourth-order valence-corrected chi connectivity index (χ4v) is 6.38. The molecular formula is C37H40N2O7S. The minimum absolute atomic E-state index is 0.0233. The normalized spacial score (nSPS) is 17.7. The van der Waals surface area contributed by atoms with Gasteiger partial charge in [0.2, 0.25) is 5.91 Å². The van der Waals surface area contributed by atoms with Crippen molar-refractivity contribution in [2.24, 2.45) is 0 Å². The number of pyridine rings is 1. The largest absolute Gasteiger partial charge is 0.618 e. The van der Waals surface area contributed by atoms with Gasteiger partial charge < -0.3 is 30.2 Å². The van der Waals surface area contributed by atoms with Crippen LogP contribution in [0.15, 0.2) is 102 Å². The number of hydrogen-bond acceptors (Lipinski definition) is 7. The average molecular weight is 657 g/mol. The number of carboxylic acids is 1. The van der Waals surface area contributed by atoms with Crippen LogP contribution >= 0.6 is 11.8 Å². The van der Waals surface area contributed by atoms with Gasteiger partial charge in [-0.2, -0.15) is 4.73 Å². The summed E-state index contributed by atoms with van der Waals surface area (Å²) in [5, 5.41) is 34.0. The van der Waals surface area contributed by atoms with Gasteiger partial charge in [-0.05, 0) is 52.8 Å². The van der Waals surface area contributed by atoms with Crippen molar-refractivity contribution >= 4 is 23.6 Å². The predicted molar refractivity (Wildman–Crippen MR) is 179 cm³/mol. The van der Waals surface area contributed by atoms with Crippen LogP contribution in [0.25, 0.3) is 11.1 Å². The van der Waals surface area contributed by atoms with Crippen LogP contribution in [0, 0.1) is 5.21 Å². The van der Waals surface area contributed by atoms with E-state index >= 15 is 0 Å². The molecule has 1 saturated heterocycles. The molecule has 0 radical (unpaired) electrons. The number of nitrogens with zero attached hydrogens (tertiary/aromatic N) is 1. The summed E-state index contributed by atoms with van der Waals surface area (Å²) in [4.78, 5) is 22.9. The fourth-order valence-electron chi connectivity index (χ4n) is 5.45. The maximum Gasteiger partial charge on any atom is 0.303 e. The molecule has 0 unspecified atom stereocenters. The van der Waals surface area contributed by atoms with Gasteiger partial charge in [0.25, 0.3) is 5.03 Å². The number of thioether (sulfide) groups is 1. The molecule has 2 heterocycles. The second-order valence-corrected chi connectivity index (χ2v) is 12.6. The van der Waals surface area contributed by atoms with E-state index in [2.05, 4.69) is 11.4 Å². The number of nitrogens with one attached hydrogen (secondary N) is 1. The summed E-state index contributed by atoms with van der Waals surface area (Å²) < 4.78 is 13.8. The third kappa shape index (κ3) is 10.1. The van der Waals surface area contributed by atoms with E-state index in [9.17, 15) is 19.9 Å². The molecule has 3 N–H and O–H groups in total. The lowest BCUT2D eigenvalue weighted by Crippen LogP contribution is -2.32. The van der Waals surface area contributed by atoms with E-state index in [1.807, 2.05) is 72.8 Å². The quantitative estimate of drug-likeness (QED) is 0.0575. The standard InChI is InChI=1S/C37H40N2O7S/c40-24-26-12-14-29(15-13-26)33-22-32(25-47-35-10-4-5-20-39(35)44)45-37(46-33)30-18-16-28(17-19-30)31-8-6-7-27(21-31)23-38-34(41)9-2-1-3-11-36(42)43/h4-8,10,12-21,32-33,37,40H,1-3,9,11,22-25H2,(H,38,41)(H,42,43)/t32-,33+,37+/m0/s1. The first-order valence-corrected chi connectivity index (χ1v) is 16.9. The number of carbonyl (C=O) groups is 2. The summed E-state index contributed by atoms with van der Waals surface area (Å²) in [5.41, 5.74) is 5.74. The highest BCUT2D eigenvalue weighted by Gasteiger charge is 2.32. The Morgan fingerprint density at radius 3 is 2.36 bits per heavy atom. The molecule has 10 heteroatoms. The molecule has 1 amide bonds. The Kier molecular flexibility index (Phi) is 12.4. The highest BCUT2D eigenvalue weighted by Crippen LogP contribution is 2.39. The molecule has 0 aliphatic carbocycles. The average Bonchev–Trinajstić information content (AvgIpc) is 3.10. The second-order valence-electron chi connectivity index (χ2n) is 11.6. The Morgan fingerprint density at radius 1 is 0.851 bits per heavy atom. The van der Waals surface area contributed by atoms with E-state index in [1.165, 1.54) is 18.0 Å². The van der Waals surface area contributed by atoms with Gasteiger partial charge in [0.1, 0.15) is 0 Å². The van der Waals surface area contributed by atoms with Crippen LogP contribution in [0.4, 0.5) is 0 Å².